The lowest BCUT2D eigenvalue weighted by atomic mass is 9.89. The lowest BCUT2D eigenvalue weighted by Gasteiger charge is -2.53. The molecule has 4 rings (SSSR count). The quantitative estimate of drug-likeness (QED) is 0.183. The molecule has 2 aromatic heterocycles. The smallest absolute Gasteiger partial charge is 0.313 e. The Bertz CT molecular complexity index is 1070. The number of aromatic nitrogens is 5. The number of nitrogen functional groups attached to an aromatic ring is 1. The number of carboxylic acids is 1. The van der Waals surface area contributed by atoms with Crippen molar-refractivity contribution >= 4 is 63.6 Å². The first-order valence-corrected chi connectivity index (χ1v) is 11.7. The van der Waals surface area contributed by atoms with E-state index < -0.39 is 40.4 Å². The van der Waals surface area contributed by atoms with Crippen molar-refractivity contribution in [2.75, 3.05) is 23.8 Å². The standard InChI is InChI=1S/C15H16N8O5S3/c1-22-14(19-20-21-22)31-5-15(12(27)28)3-23-10(26)7(11(23)30-4-15)18-9(25)8(24)6-2-29-13(16)17-6/h2,7,11H,3-5H2,1H3,(H2,16,17)(H,18,25)(H,27,28)/t7?,11-,15?/m1/s1. The Morgan fingerprint density at radius 3 is 2.84 bits per heavy atom. The van der Waals surface area contributed by atoms with Crippen LogP contribution in [0.2, 0.25) is 0 Å². The zero-order valence-corrected chi connectivity index (χ0v) is 18.4. The summed E-state index contributed by atoms with van der Waals surface area (Å²) in [5.74, 6) is -2.92. The second-order valence-electron chi connectivity index (χ2n) is 6.98. The average molecular weight is 485 g/mol. The normalized spacial score (nSPS) is 24.9. The van der Waals surface area contributed by atoms with Crippen LogP contribution in [0.25, 0.3) is 0 Å². The first kappa shape index (κ1) is 21.5. The first-order chi connectivity index (χ1) is 14.7. The minimum absolute atomic E-state index is 0.0138. The van der Waals surface area contributed by atoms with Gasteiger partial charge in [-0.05, 0) is 10.4 Å². The van der Waals surface area contributed by atoms with Crippen LogP contribution >= 0.6 is 34.9 Å². The van der Waals surface area contributed by atoms with Crippen molar-refractivity contribution in [3.63, 3.8) is 0 Å². The molecule has 0 radical (unpaired) electrons. The molecule has 0 spiro atoms. The molecule has 0 saturated carbocycles. The molecule has 31 heavy (non-hydrogen) atoms. The molecule has 2 saturated heterocycles. The van der Waals surface area contributed by atoms with Gasteiger partial charge in [0.25, 0.3) is 11.7 Å². The highest BCUT2D eigenvalue weighted by atomic mass is 32.2. The predicted octanol–water partition coefficient (Wildman–Crippen LogP) is -1.31. The maximum absolute atomic E-state index is 12.6. The fourth-order valence-electron chi connectivity index (χ4n) is 3.17. The van der Waals surface area contributed by atoms with Gasteiger partial charge in [-0.25, -0.2) is 9.67 Å². The van der Waals surface area contributed by atoms with Gasteiger partial charge >= 0.3 is 5.97 Å². The molecule has 2 aromatic rings. The molecule has 2 aliphatic heterocycles. The number of thiazole rings is 1. The molecule has 2 fully saturated rings. The summed E-state index contributed by atoms with van der Waals surface area (Å²) in [5.41, 5.74) is 4.19. The summed E-state index contributed by atoms with van der Waals surface area (Å²) >= 11 is 3.47. The van der Waals surface area contributed by atoms with Gasteiger partial charge in [0.2, 0.25) is 11.1 Å². The maximum Gasteiger partial charge on any atom is 0.313 e. The number of amides is 2. The number of hydrogen-bond donors (Lipinski definition) is 3. The van der Waals surface area contributed by atoms with Crippen LogP contribution in [0.1, 0.15) is 10.5 Å². The minimum atomic E-state index is -1.20. The number of nitrogens with one attached hydrogen (secondary N) is 1. The summed E-state index contributed by atoms with van der Waals surface area (Å²) < 4.78 is 1.44. The zero-order valence-electron chi connectivity index (χ0n) is 15.9. The molecule has 0 aromatic carbocycles. The number of carbonyl (C=O) groups excluding carboxylic acids is 3. The number of aryl methyl sites for hydroxylation is 1. The largest absolute Gasteiger partial charge is 0.481 e. The van der Waals surface area contributed by atoms with Crippen LogP contribution in [0, 0.1) is 5.41 Å². The van der Waals surface area contributed by atoms with Gasteiger partial charge in [-0.15, -0.1) is 28.2 Å². The lowest BCUT2D eigenvalue weighted by molar-refractivity contribution is -0.157. The van der Waals surface area contributed by atoms with Crippen molar-refractivity contribution in [3.05, 3.63) is 11.1 Å². The molecule has 0 bridgehead atoms. The molecule has 16 heteroatoms. The Hall–Kier alpha value is -2.72. The fourth-order valence-corrected chi connectivity index (χ4v) is 6.42. The molecule has 164 valence electrons. The number of nitrogens with two attached hydrogens (primary N) is 1. The highest BCUT2D eigenvalue weighted by molar-refractivity contribution is 8.00. The number of carboxylic acid groups (broad SMARTS) is 1. The monoisotopic (exact) mass is 484 g/mol. The number of nitrogens with zero attached hydrogens (tertiary/aromatic N) is 6. The van der Waals surface area contributed by atoms with Gasteiger partial charge < -0.3 is 21.1 Å². The van der Waals surface area contributed by atoms with Gasteiger partial charge in [-0.3, -0.25) is 19.2 Å². The maximum atomic E-state index is 12.6. The van der Waals surface area contributed by atoms with Crippen molar-refractivity contribution in [2.24, 2.45) is 12.5 Å². The third-order valence-corrected chi connectivity index (χ3v) is 8.47. The molecule has 4 heterocycles. The van der Waals surface area contributed by atoms with E-state index in [-0.39, 0.29) is 28.9 Å². The van der Waals surface area contributed by atoms with Gasteiger partial charge in [0, 0.05) is 30.5 Å². The van der Waals surface area contributed by atoms with E-state index in [0.717, 1.165) is 11.3 Å². The summed E-state index contributed by atoms with van der Waals surface area (Å²) in [5, 5.41) is 24.9. The summed E-state index contributed by atoms with van der Waals surface area (Å²) in [6.07, 6.45) is 0. The summed E-state index contributed by atoms with van der Waals surface area (Å²) in [4.78, 5) is 54.3. The van der Waals surface area contributed by atoms with Gasteiger partial charge in [-0.1, -0.05) is 11.8 Å². The second-order valence-corrected chi connectivity index (χ2v) is 9.92. The second kappa shape index (κ2) is 8.08. The van der Waals surface area contributed by atoms with E-state index in [1.165, 1.54) is 38.5 Å². The Morgan fingerprint density at radius 2 is 2.23 bits per heavy atom. The number of carbonyl (C=O) groups is 4. The van der Waals surface area contributed by atoms with E-state index in [9.17, 15) is 24.3 Å². The van der Waals surface area contributed by atoms with Crippen LogP contribution in [-0.2, 0) is 21.4 Å². The molecule has 3 atom stereocenters. The Kier molecular flexibility index (Phi) is 5.61. The number of rotatable bonds is 7. The number of Topliss-reactive ketones (excluding diaryl/α,β-unsaturated/α-hetero) is 1. The molecular weight excluding hydrogens is 468 g/mol. The molecule has 0 aliphatic carbocycles. The number of ketones is 1. The Labute approximate surface area is 187 Å². The minimum Gasteiger partial charge on any atom is -0.481 e. The number of aliphatic carboxylic acids is 1. The predicted molar refractivity (Wildman–Crippen MR) is 110 cm³/mol. The third-order valence-electron chi connectivity index (χ3n) is 4.90. The Balaban J connectivity index is 1.40. The van der Waals surface area contributed by atoms with E-state index in [1.54, 1.807) is 7.05 Å². The van der Waals surface area contributed by atoms with Crippen molar-refractivity contribution in [3.8, 4) is 0 Å². The topological polar surface area (TPSA) is 186 Å². The van der Waals surface area contributed by atoms with Gasteiger partial charge in [0.15, 0.2) is 5.13 Å². The van der Waals surface area contributed by atoms with Crippen molar-refractivity contribution in [2.45, 2.75) is 16.6 Å². The van der Waals surface area contributed by atoms with E-state index >= 15 is 0 Å². The molecule has 4 N–H and O–H groups in total. The molecule has 2 amide bonds. The zero-order chi connectivity index (χ0) is 22.3. The van der Waals surface area contributed by atoms with Crippen LogP contribution in [0.4, 0.5) is 5.13 Å². The number of fused-ring (bicyclic) bond motifs is 1. The molecule has 2 unspecified atom stereocenters. The van der Waals surface area contributed by atoms with E-state index in [2.05, 4.69) is 25.8 Å². The van der Waals surface area contributed by atoms with Crippen LogP contribution in [0.3, 0.4) is 0 Å². The molecular formula is C15H16N8O5S3. The van der Waals surface area contributed by atoms with Crippen LogP contribution in [-0.4, -0.2) is 88.2 Å². The van der Waals surface area contributed by atoms with Gasteiger partial charge in [0.05, 0.1) is 0 Å². The van der Waals surface area contributed by atoms with E-state index in [0.29, 0.717) is 5.16 Å². The SMILES string of the molecule is Cn1nnnc1SCC1(C(=O)O)CS[C@@H]2C(NC(=O)C(=O)c3csc(N)n3)C(=O)N2C1. The number of thioether (sulfide) groups is 2. The fraction of sp³-hybridized carbons (Fsp3) is 0.467. The average Bonchev–Trinajstić information content (AvgIpc) is 3.37. The summed E-state index contributed by atoms with van der Waals surface area (Å²) in [6.45, 7) is -0.0138. The van der Waals surface area contributed by atoms with Crippen molar-refractivity contribution in [1.29, 1.82) is 0 Å². The highest BCUT2D eigenvalue weighted by Gasteiger charge is 2.57. The Morgan fingerprint density at radius 1 is 1.45 bits per heavy atom. The van der Waals surface area contributed by atoms with Crippen LogP contribution in [0.15, 0.2) is 10.5 Å². The number of hydrogen-bond acceptors (Lipinski definition) is 12. The van der Waals surface area contributed by atoms with Gasteiger partial charge in [-0.2, -0.15) is 0 Å². The molecule has 2 aliphatic rings. The van der Waals surface area contributed by atoms with Crippen LogP contribution in [0.5, 0.6) is 0 Å². The summed E-state index contributed by atoms with van der Waals surface area (Å²) in [7, 11) is 1.65. The lowest BCUT2D eigenvalue weighted by Crippen LogP contribution is -2.74. The number of anilines is 1. The first-order valence-electron chi connectivity index (χ1n) is 8.79. The number of tetrazole rings is 1. The van der Waals surface area contributed by atoms with E-state index in [4.69, 9.17) is 5.73 Å². The molecule has 13 nitrogen and oxygen atoms in total. The van der Waals surface area contributed by atoms with Crippen LogP contribution < -0.4 is 11.1 Å². The number of β-lactam (4-membered cyclic amide) rings is 1. The van der Waals surface area contributed by atoms with Crippen molar-refractivity contribution < 1.29 is 24.3 Å². The summed E-state index contributed by atoms with van der Waals surface area (Å²) in [6, 6.07) is -0.903. The highest BCUT2D eigenvalue weighted by Crippen LogP contribution is 2.44. The van der Waals surface area contributed by atoms with E-state index in [1.807, 2.05) is 0 Å². The third kappa shape index (κ3) is 3.85. The van der Waals surface area contributed by atoms with Crippen molar-refractivity contribution in [1.82, 2.24) is 35.4 Å². The van der Waals surface area contributed by atoms with Gasteiger partial charge in [0.1, 0.15) is 22.5 Å².